The van der Waals surface area contributed by atoms with E-state index < -0.39 is 0 Å². The van der Waals surface area contributed by atoms with E-state index in [4.69, 9.17) is 9.15 Å². The molecule has 1 aromatic carbocycles. The van der Waals surface area contributed by atoms with Gasteiger partial charge in [-0.05, 0) is 39.0 Å². The predicted octanol–water partition coefficient (Wildman–Crippen LogP) is 3.93. The first-order chi connectivity index (χ1) is 10.1. The predicted molar refractivity (Wildman–Crippen MR) is 84.0 cm³/mol. The molecule has 0 bridgehead atoms. The third-order valence-electron chi connectivity index (χ3n) is 3.46. The number of hydrogen-bond acceptors (Lipinski definition) is 3. The van der Waals surface area contributed by atoms with E-state index >= 15 is 0 Å². The second-order valence-electron chi connectivity index (χ2n) is 5.33. The van der Waals surface area contributed by atoms with Crippen molar-refractivity contribution >= 4 is 21.8 Å². The van der Waals surface area contributed by atoms with Crippen LogP contribution in [0.3, 0.4) is 0 Å². The maximum absolute atomic E-state index is 12.4. The van der Waals surface area contributed by atoms with E-state index in [1.807, 2.05) is 39.0 Å². The Labute approximate surface area is 122 Å². The summed E-state index contributed by atoms with van der Waals surface area (Å²) in [5.41, 5.74) is 2.69. The van der Waals surface area contributed by atoms with Crippen LogP contribution >= 0.6 is 0 Å². The molecule has 2 heterocycles. The quantitative estimate of drug-likeness (QED) is 0.741. The molecule has 0 unspecified atom stereocenters. The van der Waals surface area contributed by atoms with Gasteiger partial charge in [-0.15, -0.1) is 0 Å². The summed E-state index contributed by atoms with van der Waals surface area (Å²) in [7, 11) is 0. The molecular weight excluding hydrogens is 266 g/mol. The molecule has 0 aliphatic rings. The molecule has 21 heavy (non-hydrogen) atoms. The Morgan fingerprint density at radius 2 is 2.14 bits per heavy atom. The highest BCUT2D eigenvalue weighted by Crippen LogP contribution is 2.22. The van der Waals surface area contributed by atoms with Crippen molar-refractivity contribution in [2.75, 3.05) is 6.61 Å². The Morgan fingerprint density at radius 1 is 1.33 bits per heavy atom. The third-order valence-corrected chi connectivity index (χ3v) is 3.46. The number of H-pyrrole nitrogens is 1. The van der Waals surface area contributed by atoms with E-state index in [2.05, 4.69) is 4.98 Å². The fourth-order valence-electron chi connectivity index (χ4n) is 2.28. The number of ether oxygens (including phenoxy) is 1. The fourth-order valence-corrected chi connectivity index (χ4v) is 2.28. The van der Waals surface area contributed by atoms with Crippen LogP contribution < -0.4 is 10.2 Å². The largest absolute Gasteiger partial charge is 0.489 e. The minimum absolute atomic E-state index is 0.0218. The minimum atomic E-state index is -0.0218. The second kappa shape index (κ2) is 5.13. The van der Waals surface area contributed by atoms with Gasteiger partial charge < -0.3 is 14.1 Å². The number of allylic oxidation sites excluding steroid dienone is 1. The number of aryl methyl sites for hydroxylation is 1. The molecule has 1 N–H and O–H groups in total. The molecule has 0 saturated heterocycles. The average Bonchev–Trinajstić information content (AvgIpc) is 2.80. The summed E-state index contributed by atoms with van der Waals surface area (Å²) in [4.78, 5) is 15.6. The fraction of sp³-hybridized carbons (Fsp3) is 0.235. The molecular formula is C17H17NO3. The van der Waals surface area contributed by atoms with E-state index in [0.29, 0.717) is 23.1 Å². The standard InChI is InChI=1S/C17H17NO3/c1-10(2)6-7-20-12-4-5-13-15(8-12)18-16-11(3)21-9-14(16)17(13)19/h4-6,8-9,18H,7H2,1-3H3. The summed E-state index contributed by atoms with van der Waals surface area (Å²) in [6, 6.07) is 5.45. The monoisotopic (exact) mass is 283 g/mol. The molecule has 0 fully saturated rings. The highest BCUT2D eigenvalue weighted by Gasteiger charge is 2.10. The molecule has 3 rings (SSSR count). The van der Waals surface area contributed by atoms with Gasteiger partial charge in [0.25, 0.3) is 0 Å². The summed E-state index contributed by atoms with van der Waals surface area (Å²) in [5.74, 6) is 1.44. The number of hydrogen-bond donors (Lipinski definition) is 1. The molecule has 0 amide bonds. The molecule has 0 atom stereocenters. The first kappa shape index (κ1) is 13.5. The second-order valence-corrected chi connectivity index (χ2v) is 5.33. The van der Waals surface area contributed by atoms with Gasteiger partial charge in [0.15, 0.2) is 5.43 Å². The number of pyridine rings is 1. The molecule has 4 nitrogen and oxygen atoms in total. The van der Waals surface area contributed by atoms with Crippen LogP contribution in [0, 0.1) is 6.92 Å². The van der Waals surface area contributed by atoms with Gasteiger partial charge in [0, 0.05) is 11.5 Å². The van der Waals surface area contributed by atoms with E-state index in [0.717, 1.165) is 16.8 Å². The maximum atomic E-state index is 12.4. The third kappa shape index (κ3) is 2.44. The first-order valence-corrected chi connectivity index (χ1v) is 6.86. The lowest BCUT2D eigenvalue weighted by Gasteiger charge is -2.05. The Hall–Kier alpha value is -2.49. The number of furan rings is 1. The Balaban J connectivity index is 2.08. The molecule has 4 heteroatoms. The van der Waals surface area contributed by atoms with Crippen LogP contribution in [-0.4, -0.2) is 11.6 Å². The van der Waals surface area contributed by atoms with Crippen molar-refractivity contribution in [3.63, 3.8) is 0 Å². The summed E-state index contributed by atoms with van der Waals surface area (Å²) >= 11 is 0. The lowest BCUT2D eigenvalue weighted by atomic mass is 10.1. The van der Waals surface area contributed by atoms with Crippen molar-refractivity contribution in [2.24, 2.45) is 0 Å². The molecule has 0 spiro atoms. The zero-order chi connectivity index (χ0) is 15.0. The highest BCUT2D eigenvalue weighted by molar-refractivity contribution is 5.93. The summed E-state index contributed by atoms with van der Waals surface area (Å²) in [5, 5.41) is 1.22. The number of aromatic amines is 1. The lowest BCUT2D eigenvalue weighted by molar-refractivity contribution is 0.362. The van der Waals surface area contributed by atoms with Crippen molar-refractivity contribution in [1.82, 2.24) is 4.98 Å². The normalized spacial score (nSPS) is 11.0. The zero-order valence-corrected chi connectivity index (χ0v) is 12.3. The topological polar surface area (TPSA) is 55.2 Å². The molecule has 0 saturated carbocycles. The van der Waals surface area contributed by atoms with Gasteiger partial charge in [0.2, 0.25) is 0 Å². The number of benzene rings is 1. The van der Waals surface area contributed by atoms with Crippen LogP contribution in [0.2, 0.25) is 0 Å². The van der Waals surface area contributed by atoms with Crippen LogP contribution in [-0.2, 0) is 0 Å². The van der Waals surface area contributed by atoms with Crippen LogP contribution in [0.25, 0.3) is 21.8 Å². The lowest BCUT2D eigenvalue weighted by Crippen LogP contribution is -2.03. The van der Waals surface area contributed by atoms with E-state index in [1.54, 1.807) is 6.07 Å². The Kier molecular flexibility index (Phi) is 3.29. The molecule has 0 aliphatic carbocycles. The van der Waals surface area contributed by atoms with Gasteiger partial charge in [0.1, 0.15) is 24.4 Å². The van der Waals surface area contributed by atoms with Crippen molar-refractivity contribution in [3.8, 4) is 5.75 Å². The van der Waals surface area contributed by atoms with Crippen molar-refractivity contribution in [2.45, 2.75) is 20.8 Å². The minimum Gasteiger partial charge on any atom is -0.489 e. The molecule has 0 aliphatic heterocycles. The van der Waals surface area contributed by atoms with Crippen molar-refractivity contribution in [1.29, 1.82) is 0 Å². The number of aromatic nitrogens is 1. The van der Waals surface area contributed by atoms with Gasteiger partial charge in [-0.3, -0.25) is 4.79 Å². The van der Waals surface area contributed by atoms with Crippen LogP contribution in [0.5, 0.6) is 5.75 Å². The zero-order valence-electron chi connectivity index (χ0n) is 12.3. The number of fused-ring (bicyclic) bond motifs is 2. The smallest absolute Gasteiger partial charge is 0.200 e. The van der Waals surface area contributed by atoms with Crippen LogP contribution in [0.4, 0.5) is 0 Å². The Bertz CT molecular complexity index is 895. The van der Waals surface area contributed by atoms with Gasteiger partial charge in [-0.2, -0.15) is 0 Å². The van der Waals surface area contributed by atoms with Gasteiger partial charge in [0.05, 0.1) is 16.4 Å². The van der Waals surface area contributed by atoms with E-state index in [9.17, 15) is 4.79 Å². The molecule has 2 aromatic heterocycles. The highest BCUT2D eigenvalue weighted by atomic mass is 16.5. The molecule has 108 valence electrons. The van der Waals surface area contributed by atoms with Crippen molar-refractivity contribution in [3.05, 3.63) is 52.1 Å². The van der Waals surface area contributed by atoms with E-state index in [-0.39, 0.29) is 5.43 Å². The average molecular weight is 283 g/mol. The molecule has 3 aromatic rings. The summed E-state index contributed by atoms with van der Waals surface area (Å²) in [6.07, 6.45) is 3.51. The summed E-state index contributed by atoms with van der Waals surface area (Å²) in [6.45, 7) is 6.41. The van der Waals surface area contributed by atoms with Gasteiger partial charge >= 0.3 is 0 Å². The number of rotatable bonds is 3. The first-order valence-electron chi connectivity index (χ1n) is 6.86. The van der Waals surface area contributed by atoms with Crippen molar-refractivity contribution < 1.29 is 9.15 Å². The van der Waals surface area contributed by atoms with Gasteiger partial charge in [-0.1, -0.05) is 5.57 Å². The van der Waals surface area contributed by atoms with E-state index in [1.165, 1.54) is 11.8 Å². The summed E-state index contributed by atoms with van der Waals surface area (Å²) < 4.78 is 11.0. The number of nitrogens with one attached hydrogen (secondary N) is 1. The van der Waals surface area contributed by atoms with Crippen LogP contribution in [0.15, 0.2) is 45.3 Å². The Morgan fingerprint density at radius 3 is 2.90 bits per heavy atom. The van der Waals surface area contributed by atoms with Crippen LogP contribution in [0.1, 0.15) is 19.6 Å². The molecule has 0 radical (unpaired) electrons. The SMILES string of the molecule is CC(C)=CCOc1ccc2c(=O)c3coc(C)c3[nH]c2c1. The van der Waals surface area contributed by atoms with Gasteiger partial charge in [-0.25, -0.2) is 0 Å². The maximum Gasteiger partial charge on any atom is 0.200 e.